The van der Waals surface area contributed by atoms with E-state index in [0.717, 1.165) is 5.56 Å². The summed E-state index contributed by atoms with van der Waals surface area (Å²) in [6.07, 6.45) is 2.43. The number of rotatable bonds is 7. The van der Waals surface area contributed by atoms with Crippen molar-refractivity contribution in [2.45, 2.75) is 19.6 Å². The second-order valence-corrected chi connectivity index (χ2v) is 6.36. The molecule has 0 fully saturated rings. The number of aromatic nitrogens is 1. The number of amides is 2. The molecule has 2 aromatic carbocycles. The highest BCUT2D eigenvalue weighted by atomic mass is 16.5. The van der Waals surface area contributed by atoms with Gasteiger partial charge in [0.2, 0.25) is 0 Å². The molecule has 0 spiro atoms. The Hall–Kier alpha value is -3.87. The number of ether oxygens (including phenoxy) is 1. The molecule has 7 heteroatoms. The number of hydrogen-bond acceptors (Lipinski definition) is 5. The van der Waals surface area contributed by atoms with Gasteiger partial charge in [-0.25, -0.2) is 0 Å². The number of nitrogens with zero attached hydrogens (tertiary/aromatic N) is 1. The molecule has 0 aliphatic rings. The first-order valence-corrected chi connectivity index (χ1v) is 9.05. The second kappa shape index (κ2) is 9.36. The Morgan fingerprint density at radius 3 is 2.45 bits per heavy atom. The highest BCUT2D eigenvalue weighted by molar-refractivity contribution is 6.04. The molecule has 2 amide bonds. The van der Waals surface area contributed by atoms with E-state index < -0.39 is 6.10 Å². The van der Waals surface area contributed by atoms with Gasteiger partial charge in [0, 0.05) is 24.6 Å². The van der Waals surface area contributed by atoms with Gasteiger partial charge in [0.15, 0.2) is 6.10 Å². The maximum absolute atomic E-state index is 12.2. The molecule has 3 N–H and O–H groups in total. The minimum Gasteiger partial charge on any atom is -0.508 e. The van der Waals surface area contributed by atoms with Crippen molar-refractivity contribution in [2.75, 3.05) is 5.32 Å². The average Bonchev–Trinajstić information content (AvgIpc) is 2.75. The van der Waals surface area contributed by atoms with Gasteiger partial charge in [-0.05, 0) is 61.0 Å². The van der Waals surface area contributed by atoms with Crippen molar-refractivity contribution in [1.82, 2.24) is 10.3 Å². The summed E-state index contributed by atoms with van der Waals surface area (Å²) in [6.45, 7) is 1.98. The van der Waals surface area contributed by atoms with Crippen LogP contribution in [0, 0.1) is 0 Å². The quantitative estimate of drug-likeness (QED) is 0.575. The number of anilines is 1. The first kappa shape index (κ1) is 19.9. The third-order valence-corrected chi connectivity index (χ3v) is 4.12. The zero-order valence-corrected chi connectivity index (χ0v) is 15.8. The lowest BCUT2D eigenvalue weighted by Gasteiger charge is -2.15. The van der Waals surface area contributed by atoms with E-state index in [2.05, 4.69) is 15.6 Å². The molecule has 1 atom stereocenters. The molecule has 148 valence electrons. The lowest BCUT2D eigenvalue weighted by Crippen LogP contribution is -2.35. The zero-order valence-electron chi connectivity index (χ0n) is 15.8. The van der Waals surface area contributed by atoms with Crippen LogP contribution in [0.1, 0.15) is 22.8 Å². The SMILES string of the molecule is CC(Oc1ccc(O)cc1)C(=O)NCc1ccc(NC(=O)c2cccnc2)cc1. The third-order valence-electron chi connectivity index (χ3n) is 4.12. The Balaban J connectivity index is 1.48. The van der Waals surface area contributed by atoms with E-state index in [-0.39, 0.29) is 17.6 Å². The predicted octanol–water partition coefficient (Wildman–Crippen LogP) is 3.12. The molecule has 1 aromatic heterocycles. The smallest absolute Gasteiger partial charge is 0.261 e. The van der Waals surface area contributed by atoms with Crippen molar-refractivity contribution in [2.24, 2.45) is 0 Å². The number of pyridine rings is 1. The summed E-state index contributed by atoms with van der Waals surface area (Å²) in [5.74, 6) is 0.139. The molecule has 3 rings (SSSR count). The second-order valence-electron chi connectivity index (χ2n) is 6.36. The molecule has 29 heavy (non-hydrogen) atoms. The van der Waals surface area contributed by atoms with E-state index in [9.17, 15) is 14.7 Å². The minimum absolute atomic E-state index is 0.134. The fourth-order valence-corrected chi connectivity index (χ4v) is 2.52. The maximum Gasteiger partial charge on any atom is 0.261 e. The number of hydrogen-bond donors (Lipinski definition) is 3. The zero-order chi connectivity index (χ0) is 20.6. The number of phenols is 1. The first-order valence-electron chi connectivity index (χ1n) is 9.05. The molecule has 3 aromatic rings. The van der Waals surface area contributed by atoms with Crippen LogP contribution < -0.4 is 15.4 Å². The molecule has 1 unspecified atom stereocenters. The summed E-state index contributed by atoms with van der Waals surface area (Å²) in [6, 6.07) is 16.8. The number of benzene rings is 2. The Kier molecular flexibility index (Phi) is 6.42. The molecule has 0 aliphatic heterocycles. The van der Waals surface area contributed by atoms with Crippen LogP contribution in [0.2, 0.25) is 0 Å². The van der Waals surface area contributed by atoms with E-state index in [4.69, 9.17) is 4.74 Å². The number of carbonyl (C=O) groups excluding carboxylic acids is 2. The summed E-state index contributed by atoms with van der Waals surface area (Å²) >= 11 is 0. The van der Waals surface area contributed by atoms with E-state index in [1.54, 1.807) is 49.5 Å². The van der Waals surface area contributed by atoms with Crippen LogP contribution in [0.3, 0.4) is 0 Å². The molecular weight excluding hydrogens is 370 g/mol. The Morgan fingerprint density at radius 1 is 1.07 bits per heavy atom. The fourth-order valence-electron chi connectivity index (χ4n) is 2.52. The Bertz CT molecular complexity index is 958. The Labute approximate surface area is 168 Å². The number of phenolic OH excluding ortho intramolecular Hbond substituents is 1. The Morgan fingerprint density at radius 2 is 1.79 bits per heavy atom. The maximum atomic E-state index is 12.2. The molecular formula is C22H21N3O4. The average molecular weight is 391 g/mol. The highest BCUT2D eigenvalue weighted by Gasteiger charge is 2.14. The van der Waals surface area contributed by atoms with E-state index >= 15 is 0 Å². The van der Waals surface area contributed by atoms with Crippen molar-refractivity contribution >= 4 is 17.5 Å². The van der Waals surface area contributed by atoms with Gasteiger partial charge in [0.25, 0.3) is 11.8 Å². The lowest BCUT2D eigenvalue weighted by molar-refractivity contribution is -0.127. The summed E-state index contributed by atoms with van der Waals surface area (Å²) in [7, 11) is 0. The molecule has 0 radical (unpaired) electrons. The largest absolute Gasteiger partial charge is 0.508 e. The third kappa shape index (κ3) is 5.80. The van der Waals surface area contributed by atoms with Crippen LogP contribution in [0.25, 0.3) is 0 Å². The van der Waals surface area contributed by atoms with Crippen LogP contribution >= 0.6 is 0 Å². The van der Waals surface area contributed by atoms with Gasteiger partial charge in [-0.3, -0.25) is 14.6 Å². The standard InChI is InChI=1S/C22H21N3O4/c1-15(29-20-10-8-19(26)9-11-20)21(27)24-13-16-4-6-18(7-5-16)25-22(28)17-3-2-12-23-14-17/h2-12,14-15,26H,13H2,1H3,(H,24,27)(H,25,28). The van der Waals surface area contributed by atoms with Gasteiger partial charge >= 0.3 is 0 Å². The molecule has 0 aliphatic carbocycles. The fraction of sp³-hybridized carbons (Fsp3) is 0.136. The van der Waals surface area contributed by atoms with Crippen molar-refractivity contribution in [3.05, 3.63) is 84.2 Å². The molecule has 1 heterocycles. The van der Waals surface area contributed by atoms with Crippen LogP contribution in [0.4, 0.5) is 5.69 Å². The van der Waals surface area contributed by atoms with Gasteiger partial charge in [0.05, 0.1) is 5.56 Å². The highest BCUT2D eigenvalue weighted by Crippen LogP contribution is 2.17. The van der Waals surface area contributed by atoms with Gasteiger partial charge in [0.1, 0.15) is 11.5 Å². The monoisotopic (exact) mass is 391 g/mol. The van der Waals surface area contributed by atoms with E-state index in [1.165, 1.54) is 18.3 Å². The summed E-state index contributed by atoms with van der Waals surface area (Å²) in [5, 5.41) is 14.9. The molecule has 0 saturated carbocycles. The predicted molar refractivity (Wildman–Crippen MR) is 109 cm³/mol. The van der Waals surface area contributed by atoms with Gasteiger partial charge in [-0.15, -0.1) is 0 Å². The topological polar surface area (TPSA) is 101 Å². The van der Waals surface area contributed by atoms with Crippen molar-refractivity contribution in [3.8, 4) is 11.5 Å². The van der Waals surface area contributed by atoms with Gasteiger partial charge < -0.3 is 20.5 Å². The molecule has 0 bridgehead atoms. The van der Waals surface area contributed by atoms with Gasteiger partial charge in [-0.2, -0.15) is 0 Å². The number of carbonyl (C=O) groups is 2. The van der Waals surface area contributed by atoms with E-state index in [1.807, 2.05) is 12.1 Å². The number of aromatic hydroxyl groups is 1. The van der Waals surface area contributed by atoms with Crippen molar-refractivity contribution in [3.63, 3.8) is 0 Å². The van der Waals surface area contributed by atoms with Crippen molar-refractivity contribution in [1.29, 1.82) is 0 Å². The molecule has 7 nitrogen and oxygen atoms in total. The number of nitrogens with one attached hydrogen (secondary N) is 2. The van der Waals surface area contributed by atoms with Crippen LogP contribution in [0.5, 0.6) is 11.5 Å². The van der Waals surface area contributed by atoms with Crippen LogP contribution in [0.15, 0.2) is 73.1 Å². The first-order chi connectivity index (χ1) is 14.0. The lowest BCUT2D eigenvalue weighted by atomic mass is 10.2. The normalized spacial score (nSPS) is 11.3. The minimum atomic E-state index is -0.683. The van der Waals surface area contributed by atoms with Crippen LogP contribution in [-0.4, -0.2) is 28.0 Å². The molecule has 0 saturated heterocycles. The summed E-state index contributed by atoms with van der Waals surface area (Å²) in [4.78, 5) is 28.3. The van der Waals surface area contributed by atoms with Crippen molar-refractivity contribution < 1.29 is 19.4 Å². The van der Waals surface area contributed by atoms with Crippen LogP contribution in [-0.2, 0) is 11.3 Å². The van der Waals surface area contributed by atoms with E-state index in [0.29, 0.717) is 23.5 Å². The summed E-state index contributed by atoms with van der Waals surface area (Å²) in [5.41, 5.74) is 2.01. The summed E-state index contributed by atoms with van der Waals surface area (Å²) < 4.78 is 5.55. The van der Waals surface area contributed by atoms with Gasteiger partial charge in [-0.1, -0.05) is 12.1 Å².